The van der Waals surface area contributed by atoms with Gasteiger partial charge in [0.05, 0.1) is 0 Å². The molecule has 1 N–H and O–H groups in total. The average molecular weight is 242 g/mol. The van der Waals surface area contributed by atoms with Crippen LogP contribution in [0.1, 0.15) is 51.4 Å². The smallest absolute Gasteiger partial charge is 0.195 e. The van der Waals surface area contributed by atoms with Gasteiger partial charge in [0.1, 0.15) is 12.2 Å². The third-order valence-corrected chi connectivity index (χ3v) is 4.52. The van der Waals surface area contributed by atoms with Crippen LogP contribution in [0.25, 0.3) is 0 Å². The van der Waals surface area contributed by atoms with Crippen LogP contribution in [0.2, 0.25) is 0 Å². The fourth-order valence-corrected chi connectivity index (χ4v) is 3.51. The first-order valence-electron chi connectivity index (χ1n) is 6.82. The number of rotatable bonds is 1. The van der Waals surface area contributed by atoms with Gasteiger partial charge in [-0.25, -0.2) is 0 Å². The maximum Gasteiger partial charge on any atom is 0.195 e. The van der Waals surface area contributed by atoms with Gasteiger partial charge in [0.25, 0.3) is 0 Å². The van der Waals surface area contributed by atoms with E-state index in [2.05, 4.69) is 0 Å². The molecule has 0 spiro atoms. The van der Waals surface area contributed by atoms with Gasteiger partial charge < -0.3 is 19.3 Å². The van der Waals surface area contributed by atoms with Crippen LogP contribution >= 0.6 is 0 Å². The quantitative estimate of drug-likeness (QED) is 0.763. The van der Waals surface area contributed by atoms with Crippen molar-refractivity contribution in [1.82, 2.24) is 0 Å². The van der Waals surface area contributed by atoms with E-state index < -0.39 is 11.6 Å². The Hall–Kier alpha value is -0.160. The topological polar surface area (TPSA) is 47.9 Å². The van der Waals surface area contributed by atoms with Gasteiger partial charge in [-0.05, 0) is 25.7 Å². The van der Waals surface area contributed by atoms with Gasteiger partial charge in [-0.2, -0.15) is 0 Å². The number of fused-ring (bicyclic) bond motifs is 2. The zero-order chi connectivity index (χ0) is 11.9. The Morgan fingerprint density at radius 2 is 1.71 bits per heavy atom. The molecule has 0 aromatic heterocycles. The largest absolute Gasteiger partial charge is 0.363 e. The molecule has 3 rings (SSSR count). The van der Waals surface area contributed by atoms with E-state index in [4.69, 9.17) is 14.2 Å². The number of hydrogen-bond acceptors (Lipinski definition) is 4. The fourth-order valence-electron chi connectivity index (χ4n) is 3.51. The molecule has 0 amide bonds. The zero-order valence-corrected chi connectivity index (χ0v) is 10.5. The zero-order valence-electron chi connectivity index (χ0n) is 10.5. The highest BCUT2D eigenvalue weighted by Crippen LogP contribution is 2.47. The standard InChI is InChI=1S/C13H22O4/c1-15-13-9-5-3-7-11(13)16-12(14)8-4-2-6-10(12)17-13/h10-11,14H,2-9H2,1H3. The van der Waals surface area contributed by atoms with Gasteiger partial charge in [0.2, 0.25) is 0 Å². The van der Waals surface area contributed by atoms with Gasteiger partial charge in [-0.15, -0.1) is 0 Å². The van der Waals surface area contributed by atoms with Gasteiger partial charge in [0, 0.05) is 20.0 Å². The molecule has 3 fully saturated rings. The summed E-state index contributed by atoms with van der Waals surface area (Å²) in [5, 5.41) is 10.5. The molecule has 1 heterocycles. The molecule has 4 atom stereocenters. The monoisotopic (exact) mass is 242 g/mol. The molecule has 0 aromatic rings. The molecule has 0 bridgehead atoms. The maximum atomic E-state index is 10.5. The van der Waals surface area contributed by atoms with Crippen molar-refractivity contribution in [2.45, 2.75) is 75.1 Å². The molecule has 4 nitrogen and oxygen atoms in total. The van der Waals surface area contributed by atoms with Crippen molar-refractivity contribution in [3.8, 4) is 0 Å². The second kappa shape index (κ2) is 4.19. The van der Waals surface area contributed by atoms with Crippen molar-refractivity contribution >= 4 is 0 Å². The Labute approximate surface area is 102 Å². The Morgan fingerprint density at radius 1 is 1.00 bits per heavy atom. The van der Waals surface area contributed by atoms with Gasteiger partial charge in [0.15, 0.2) is 11.6 Å². The number of methoxy groups -OCH3 is 1. The molecule has 4 heteroatoms. The van der Waals surface area contributed by atoms with Gasteiger partial charge in [-0.3, -0.25) is 0 Å². The summed E-state index contributed by atoms with van der Waals surface area (Å²) in [4.78, 5) is 0. The first-order chi connectivity index (χ1) is 8.19. The Kier molecular flexibility index (Phi) is 2.94. The van der Waals surface area contributed by atoms with Gasteiger partial charge >= 0.3 is 0 Å². The minimum Gasteiger partial charge on any atom is -0.363 e. The lowest BCUT2D eigenvalue weighted by molar-refractivity contribution is -0.441. The van der Waals surface area contributed by atoms with E-state index in [-0.39, 0.29) is 12.2 Å². The summed E-state index contributed by atoms with van der Waals surface area (Å²) >= 11 is 0. The first-order valence-corrected chi connectivity index (χ1v) is 6.82. The van der Waals surface area contributed by atoms with Crippen molar-refractivity contribution in [2.75, 3.05) is 7.11 Å². The van der Waals surface area contributed by atoms with Crippen LogP contribution in [-0.4, -0.2) is 36.0 Å². The highest BCUT2D eigenvalue weighted by atomic mass is 16.8. The summed E-state index contributed by atoms with van der Waals surface area (Å²) in [6.45, 7) is 0. The Balaban J connectivity index is 1.85. The summed E-state index contributed by atoms with van der Waals surface area (Å²) in [5.74, 6) is -1.67. The SMILES string of the molecule is COC12CCCCC1OC1(O)CCCCC1O2. The maximum absolute atomic E-state index is 10.5. The average Bonchev–Trinajstić information content (AvgIpc) is 2.35. The number of ether oxygens (including phenoxy) is 3. The van der Waals surface area contributed by atoms with E-state index in [9.17, 15) is 5.11 Å². The summed E-state index contributed by atoms with van der Waals surface area (Å²) < 4.78 is 17.7. The summed E-state index contributed by atoms with van der Waals surface area (Å²) in [6, 6.07) is 0. The van der Waals surface area contributed by atoms with E-state index in [0.717, 1.165) is 44.9 Å². The third-order valence-electron chi connectivity index (χ3n) is 4.52. The van der Waals surface area contributed by atoms with E-state index >= 15 is 0 Å². The predicted molar refractivity (Wildman–Crippen MR) is 61.4 cm³/mol. The fraction of sp³-hybridized carbons (Fsp3) is 1.00. The normalized spacial score (nSPS) is 50.5. The lowest BCUT2D eigenvalue weighted by Crippen LogP contribution is -2.66. The van der Waals surface area contributed by atoms with Crippen molar-refractivity contribution in [3.05, 3.63) is 0 Å². The van der Waals surface area contributed by atoms with E-state index in [1.807, 2.05) is 0 Å². The van der Waals surface area contributed by atoms with Crippen molar-refractivity contribution in [3.63, 3.8) is 0 Å². The van der Waals surface area contributed by atoms with Crippen LogP contribution in [0.5, 0.6) is 0 Å². The van der Waals surface area contributed by atoms with E-state index in [1.54, 1.807) is 7.11 Å². The van der Waals surface area contributed by atoms with Crippen LogP contribution in [0.15, 0.2) is 0 Å². The van der Waals surface area contributed by atoms with Crippen molar-refractivity contribution in [2.24, 2.45) is 0 Å². The van der Waals surface area contributed by atoms with Crippen molar-refractivity contribution in [1.29, 1.82) is 0 Å². The highest BCUT2D eigenvalue weighted by molar-refractivity contribution is 4.97. The Morgan fingerprint density at radius 3 is 2.47 bits per heavy atom. The molecular weight excluding hydrogens is 220 g/mol. The predicted octanol–water partition coefficient (Wildman–Crippen LogP) is 1.95. The Bertz CT molecular complexity index is 295. The molecule has 17 heavy (non-hydrogen) atoms. The number of aliphatic hydroxyl groups is 1. The molecule has 98 valence electrons. The summed E-state index contributed by atoms with van der Waals surface area (Å²) in [5.41, 5.74) is 0. The number of hydrogen-bond donors (Lipinski definition) is 1. The molecule has 3 aliphatic rings. The summed E-state index contributed by atoms with van der Waals surface area (Å²) in [7, 11) is 1.69. The molecule has 0 radical (unpaired) electrons. The second-order valence-corrected chi connectivity index (χ2v) is 5.57. The van der Waals surface area contributed by atoms with Crippen LogP contribution in [0.4, 0.5) is 0 Å². The molecule has 2 aliphatic carbocycles. The molecular formula is C13H22O4. The minimum absolute atomic E-state index is 0.111. The molecule has 1 aliphatic heterocycles. The van der Waals surface area contributed by atoms with Crippen LogP contribution < -0.4 is 0 Å². The van der Waals surface area contributed by atoms with Crippen LogP contribution in [0.3, 0.4) is 0 Å². The van der Waals surface area contributed by atoms with E-state index in [1.165, 1.54) is 0 Å². The van der Waals surface area contributed by atoms with Crippen LogP contribution in [-0.2, 0) is 14.2 Å². The van der Waals surface area contributed by atoms with Gasteiger partial charge in [-0.1, -0.05) is 12.8 Å². The lowest BCUT2D eigenvalue weighted by Gasteiger charge is -2.55. The highest BCUT2D eigenvalue weighted by Gasteiger charge is 2.57. The minimum atomic E-state index is -1.07. The lowest BCUT2D eigenvalue weighted by atomic mass is 9.84. The van der Waals surface area contributed by atoms with Crippen LogP contribution in [0, 0.1) is 0 Å². The first kappa shape index (κ1) is 11.9. The van der Waals surface area contributed by atoms with Crippen molar-refractivity contribution < 1.29 is 19.3 Å². The molecule has 2 saturated carbocycles. The third kappa shape index (κ3) is 1.82. The second-order valence-electron chi connectivity index (χ2n) is 5.57. The van der Waals surface area contributed by atoms with E-state index in [0.29, 0.717) is 6.42 Å². The molecule has 4 unspecified atom stereocenters. The summed E-state index contributed by atoms with van der Waals surface area (Å²) in [6.07, 6.45) is 7.38. The molecule has 0 aromatic carbocycles. The molecule has 1 saturated heterocycles.